The molecule has 0 rings (SSSR count). The molecule has 0 aliphatic rings. The van der Waals surface area contributed by atoms with E-state index in [4.69, 9.17) is 5.73 Å². The molecule has 0 radical (unpaired) electrons. The van der Waals surface area contributed by atoms with Crippen LogP contribution in [-0.2, 0) is 14.4 Å². The Labute approximate surface area is 146 Å². The number of nitrogens with one attached hydrogen (secondary N) is 2. The SMILES string of the molecule is CSCC[C@H](NC(=O)[C@H](CC(C)C)NC(=O)[C@@H](N)[C@@H](C)O)C(=O)O. The third kappa shape index (κ3) is 8.51. The Balaban J connectivity index is 4.98. The molecule has 0 aromatic heterocycles. The van der Waals surface area contributed by atoms with Crippen molar-refractivity contribution in [1.82, 2.24) is 10.6 Å². The summed E-state index contributed by atoms with van der Waals surface area (Å²) >= 11 is 1.48. The van der Waals surface area contributed by atoms with Crippen molar-refractivity contribution in [2.24, 2.45) is 11.7 Å². The van der Waals surface area contributed by atoms with E-state index < -0.39 is 42.0 Å². The molecule has 0 fully saturated rings. The first-order valence-corrected chi connectivity index (χ1v) is 9.25. The molecule has 8 nitrogen and oxygen atoms in total. The molecule has 0 aliphatic carbocycles. The van der Waals surface area contributed by atoms with Crippen LogP contribution < -0.4 is 16.4 Å². The zero-order valence-electron chi connectivity index (χ0n) is 14.6. The molecule has 6 N–H and O–H groups in total. The van der Waals surface area contributed by atoms with Gasteiger partial charge in [0, 0.05) is 0 Å². The van der Waals surface area contributed by atoms with Crippen LogP contribution in [0.25, 0.3) is 0 Å². The number of carbonyl (C=O) groups excluding carboxylic acids is 2. The van der Waals surface area contributed by atoms with Crippen LogP contribution >= 0.6 is 11.8 Å². The molecule has 0 unspecified atom stereocenters. The number of aliphatic hydroxyl groups is 1. The molecule has 0 aromatic rings. The molecule has 140 valence electrons. The van der Waals surface area contributed by atoms with Crippen molar-refractivity contribution in [3.05, 3.63) is 0 Å². The van der Waals surface area contributed by atoms with Gasteiger partial charge < -0.3 is 26.6 Å². The largest absolute Gasteiger partial charge is 0.480 e. The van der Waals surface area contributed by atoms with Crippen molar-refractivity contribution in [2.45, 2.75) is 57.8 Å². The minimum Gasteiger partial charge on any atom is -0.480 e. The highest BCUT2D eigenvalue weighted by atomic mass is 32.2. The number of thioether (sulfide) groups is 1. The lowest BCUT2D eigenvalue weighted by molar-refractivity contribution is -0.142. The summed E-state index contributed by atoms with van der Waals surface area (Å²) in [6.07, 6.45) is 1.41. The monoisotopic (exact) mass is 363 g/mol. The van der Waals surface area contributed by atoms with Crippen molar-refractivity contribution < 1.29 is 24.6 Å². The van der Waals surface area contributed by atoms with Crippen molar-refractivity contribution in [3.8, 4) is 0 Å². The molecule has 0 aliphatic heterocycles. The van der Waals surface area contributed by atoms with Crippen LogP contribution in [0.3, 0.4) is 0 Å². The van der Waals surface area contributed by atoms with Crippen LogP contribution in [0.2, 0.25) is 0 Å². The number of amides is 2. The lowest BCUT2D eigenvalue weighted by atomic mass is 10.0. The lowest BCUT2D eigenvalue weighted by Crippen LogP contribution is -2.56. The number of aliphatic hydroxyl groups excluding tert-OH is 1. The Morgan fingerprint density at radius 2 is 1.62 bits per heavy atom. The van der Waals surface area contributed by atoms with E-state index in [1.165, 1.54) is 18.7 Å². The maximum Gasteiger partial charge on any atom is 0.326 e. The molecule has 0 heterocycles. The maximum atomic E-state index is 12.4. The van der Waals surface area contributed by atoms with Crippen molar-refractivity contribution in [3.63, 3.8) is 0 Å². The van der Waals surface area contributed by atoms with Crippen molar-refractivity contribution >= 4 is 29.5 Å². The van der Waals surface area contributed by atoms with E-state index in [1.54, 1.807) is 0 Å². The number of hydrogen-bond donors (Lipinski definition) is 5. The van der Waals surface area contributed by atoms with Crippen LogP contribution in [-0.4, -0.2) is 64.2 Å². The molecule has 0 aromatic carbocycles. The predicted octanol–water partition coefficient (Wildman–Crippen LogP) is -0.452. The van der Waals surface area contributed by atoms with Crippen LogP contribution in [0.5, 0.6) is 0 Å². The second kappa shape index (κ2) is 11.3. The summed E-state index contributed by atoms with van der Waals surface area (Å²) in [7, 11) is 0. The van der Waals surface area contributed by atoms with Gasteiger partial charge in [-0.05, 0) is 37.7 Å². The second-order valence-electron chi connectivity index (χ2n) is 6.14. The number of rotatable bonds is 11. The molecule has 9 heteroatoms. The number of carboxylic acid groups (broad SMARTS) is 1. The maximum absolute atomic E-state index is 12.4. The quantitative estimate of drug-likeness (QED) is 0.334. The Bertz CT molecular complexity index is 431. The van der Waals surface area contributed by atoms with Crippen LogP contribution in [0.1, 0.15) is 33.6 Å². The van der Waals surface area contributed by atoms with Gasteiger partial charge in [0.25, 0.3) is 0 Å². The van der Waals surface area contributed by atoms with Crippen LogP contribution in [0, 0.1) is 5.92 Å². The number of aliphatic carboxylic acids is 1. The molecule has 0 spiro atoms. The smallest absolute Gasteiger partial charge is 0.326 e. The lowest BCUT2D eigenvalue weighted by Gasteiger charge is -2.24. The van der Waals surface area contributed by atoms with E-state index in [1.807, 2.05) is 20.1 Å². The first-order chi connectivity index (χ1) is 11.1. The first-order valence-electron chi connectivity index (χ1n) is 7.86. The summed E-state index contributed by atoms with van der Waals surface area (Å²) in [5.74, 6) is -1.65. The number of hydrogen-bond acceptors (Lipinski definition) is 6. The zero-order chi connectivity index (χ0) is 18.9. The van der Waals surface area contributed by atoms with Crippen molar-refractivity contribution in [1.29, 1.82) is 0 Å². The molecular weight excluding hydrogens is 334 g/mol. The molecule has 0 bridgehead atoms. The first kappa shape index (κ1) is 22.7. The van der Waals surface area contributed by atoms with Gasteiger partial charge >= 0.3 is 5.97 Å². The van der Waals surface area contributed by atoms with Gasteiger partial charge in [-0.1, -0.05) is 13.8 Å². The summed E-state index contributed by atoms with van der Waals surface area (Å²) in [4.78, 5) is 35.6. The van der Waals surface area contributed by atoms with E-state index in [9.17, 15) is 24.6 Å². The molecule has 0 saturated carbocycles. The minimum absolute atomic E-state index is 0.0956. The minimum atomic E-state index is -1.15. The van der Waals surface area contributed by atoms with Gasteiger partial charge in [-0.15, -0.1) is 0 Å². The predicted molar refractivity (Wildman–Crippen MR) is 93.6 cm³/mol. The zero-order valence-corrected chi connectivity index (χ0v) is 15.4. The third-order valence-electron chi connectivity index (χ3n) is 3.39. The van der Waals surface area contributed by atoms with Gasteiger partial charge in [-0.3, -0.25) is 9.59 Å². The van der Waals surface area contributed by atoms with E-state index in [2.05, 4.69) is 10.6 Å². The summed E-state index contributed by atoms with van der Waals surface area (Å²) in [6.45, 7) is 5.14. The molecule has 4 atom stereocenters. The fourth-order valence-electron chi connectivity index (χ4n) is 1.96. The highest BCUT2D eigenvalue weighted by molar-refractivity contribution is 7.98. The Hall–Kier alpha value is -1.32. The topological polar surface area (TPSA) is 142 Å². The highest BCUT2D eigenvalue weighted by Gasteiger charge is 2.29. The summed E-state index contributed by atoms with van der Waals surface area (Å²) in [6, 6.07) is -3.07. The van der Waals surface area contributed by atoms with Crippen LogP contribution in [0.4, 0.5) is 0 Å². The summed E-state index contributed by atoms with van der Waals surface area (Å²) in [5, 5.41) is 23.5. The van der Waals surface area contributed by atoms with E-state index in [0.29, 0.717) is 12.2 Å². The van der Waals surface area contributed by atoms with Gasteiger partial charge in [0.1, 0.15) is 18.1 Å². The standard InChI is InChI=1S/C15H29N3O5S/c1-8(2)7-11(18-14(21)12(16)9(3)19)13(20)17-10(15(22)23)5-6-24-4/h8-12,19H,5-7,16H2,1-4H3,(H,17,20)(H,18,21)(H,22,23)/t9-,10+,11+,12+/m1/s1. The average Bonchev–Trinajstić information content (AvgIpc) is 2.48. The van der Waals surface area contributed by atoms with E-state index in [0.717, 1.165) is 0 Å². The number of carboxylic acids is 1. The average molecular weight is 363 g/mol. The molecule has 0 saturated heterocycles. The van der Waals surface area contributed by atoms with Crippen molar-refractivity contribution in [2.75, 3.05) is 12.0 Å². The number of carbonyl (C=O) groups is 3. The fraction of sp³-hybridized carbons (Fsp3) is 0.800. The van der Waals surface area contributed by atoms with Gasteiger partial charge in [0.05, 0.1) is 6.10 Å². The molecular formula is C15H29N3O5S. The van der Waals surface area contributed by atoms with Gasteiger partial charge in [-0.2, -0.15) is 11.8 Å². The van der Waals surface area contributed by atoms with Crippen LogP contribution in [0.15, 0.2) is 0 Å². The summed E-state index contributed by atoms with van der Waals surface area (Å²) in [5.41, 5.74) is 5.56. The number of nitrogens with two attached hydrogens (primary N) is 1. The molecule has 24 heavy (non-hydrogen) atoms. The van der Waals surface area contributed by atoms with Gasteiger partial charge in [0.2, 0.25) is 11.8 Å². The van der Waals surface area contributed by atoms with E-state index >= 15 is 0 Å². The normalized spacial score (nSPS) is 16.1. The Kier molecular flexibility index (Phi) is 10.7. The fourth-order valence-corrected chi connectivity index (χ4v) is 2.43. The highest BCUT2D eigenvalue weighted by Crippen LogP contribution is 2.08. The third-order valence-corrected chi connectivity index (χ3v) is 4.03. The van der Waals surface area contributed by atoms with E-state index in [-0.39, 0.29) is 12.3 Å². The second-order valence-corrected chi connectivity index (χ2v) is 7.12. The van der Waals surface area contributed by atoms with Gasteiger partial charge in [-0.25, -0.2) is 4.79 Å². The Morgan fingerprint density at radius 1 is 1.08 bits per heavy atom. The Morgan fingerprint density at radius 3 is 2.04 bits per heavy atom. The molecule has 2 amide bonds. The summed E-state index contributed by atoms with van der Waals surface area (Å²) < 4.78 is 0. The van der Waals surface area contributed by atoms with Gasteiger partial charge in [0.15, 0.2) is 0 Å².